The first-order chi connectivity index (χ1) is 9.36. The van der Waals surface area contributed by atoms with E-state index in [1.54, 1.807) is 6.20 Å². The van der Waals surface area contributed by atoms with Gasteiger partial charge in [0.15, 0.2) is 5.82 Å². The first-order valence-electron chi connectivity index (χ1n) is 6.12. The highest BCUT2D eigenvalue weighted by molar-refractivity contribution is 5.63. The van der Waals surface area contributed by atoms with E-state index in [2.05, 4.69) is 15.0 Å². The lowest BCUT2D eigenvalue weighted by molar-refractivity contribution is 1.07. The Morgan fingerprint density at radius 1 is 1.11 bits per heavy atom. The fourth-order valence-corrected chi connectivity index (χ4v) is 1.98. The van der Waals surface area contributed by atoms with Crippen LogP contribution < -0.4 is 5.73 Å². The van der Waals surface area contributed by atoms with Crippen LogP contribution in [0, 0.1) is 0 Å². The molecular formula is C15H14N4. The highest BCUT2D eigenvalue weighted by Crippen LogP contribution is 2.20. The van der Waals surface area contributed by atoms with Crippen LogP contribution in [0.4, 0.5) is 0 Å². The van der Waals surface area contributed by atoms with Crippen molar-refractivity contribution < 1.29 is 0 Å². The van der Waals surface area contributed by atoms with Gasteiger partial charge in [-0.3, -0.25) is 0 Å². The van der Waals surface area contributed by atoms with Crippen LogP contribution in [0.25, 0.3) is 22.6 Å². The molecule has 0 atom stereocenters. The molecule has 0 bridgehead atoms. The standard InChI is InChI=1S/C15H14N4/c16-9-11-2-1-3-12(8-11)15-18-7-5-14(19-15)13-4-6-17-10-13/h1-8,10,17H,9,16H2. The van der Waals surface area contributed by atoms with Crippen LogP contribution in [0.5, 0.6) is 0 Å². The van der Waals surface area contributed by atoms with Crippen molar-refractivity contribution in [2.75, 3.05) is 0 Å². The zero-order chi connectivity index (χ0) is 13.1. The highest BCUT2D eigenvalue weighted by Gasteiger charge is 2.05. The SMILES string of the molecule is NCc1cccc(-c2nccc(-c3cc[nH]c3)n2)c1. The number of nitrogens with two attached hydrogens (primary N) is 1. The minimum absolute atomic E-state index is 0.519. The second kappa shape index (κ2) is 5.04. The summed E-state index contributed by atoms with van der Waals surface area (Å²) in [5, 5.41) is 0. The number of H-pyrrole nitrogens is 1. The normalized spacial score (nSPS) is 10.6. The van der Waals surface area contributed by atoms with Crippen molar-refractivity contribution in [3.8, 4) is 22.6 Å². The lowest BCUT2D eigenvalue weighted by atomic mass is 10.1. The molecule has 4 nitrogen and oxygen atoms in total. The Kier molecular flexibility index (Phi) is 3.08. The smallest absolute Gasteiger partial charge is 0.159 e. The van der Waals surface area contributed by atoms with Crippen LogP contribution >= 0.6 is 0 Å². The van der Waals surface area contributed by atoms with Crippen LogP contribution in [-0.4, -0.2) is 15.0 Å². The predicted octanol–water partition coefficient (Wildman–Crippen LogP) is 2.60. The molecule has 0 amide bonds. The molecule has 4 heteroatoms. The van der Waals surface area contributed by atoms with Crippen LogP contribution in [0.3, 0.4) is 0 Å². The fraction of sp³-hybridized carbons (Fsp3) is 0.0667. The van der Waals surface area contributed by atoms with Crippen molar-refractivity contribution in [3.05, 3.63) is 60.6 Å². The van der Waals surface area contributed by atoms with E-state index >= 15 is 0 Å². The van der Waals surface area contributed by atoms with Crippen molar-refractivity contribution in [3.63, 3.8) is 0 Å². The lowest BCUT2D eigenvalue weighted by Crippen LogP contribution is -1.97. The molecule has 0 radical (unpaired) electrons. The Balaban J connectivity index is 2.03. The number of hydrogen-bond acceptors (Lipinski definition) is 3. The maximum atomic E-state index is 5.66. The van der Waals surface area contributed by atoms with Crippen molar-refractivity contribution in [2.24, 2.45) is 5.73 Å². The lowest BCUT2D eigenvalue weighted by Gasteiger charge is -2.04. The molecule has 0 unspecified atom stereocenters. The summed E-state index contributed by atoms with van der Waals surface area (Å²) in [4.78, 5) is 12.0. The maximum Gasteiger partial charge on any atom is 0.159 e. The molecule has 3 aromatic rings. The Labute approximate surface area is 111 Å². The zero-order valence-electron chi connectivity index (χ0n) is 10.4. The summed E-state index contributed by atoms with van der Waals surface area (Å²) >= 11 is 0. The molecule has 0 aliphatic carbocycles. The molecule has 0 saturated carbocycles. The average Bonchev–Trinajstić information content (AvgIpc) is 3.02. The minimum atomic E-state index is 0.519. The number of aromatic nitrogens is 3. The van der Waals surface area contributed by atoms with E-state index in [1.807, 2.05) is 48.8 Å². The number of aromatic amines is 1. The van der Waals surface area contributed by atoms with Gasteiger partial charge in [0.05, 0.1) is 5.69 Å². The van der Waals surface area contributed by atoms with E-state index in [0.717, 1.165) is 22.4 Å². The van der Waals surface area contributed by atoms with Crippen LogP contribution in [0.1, 0.15) is 5.56 Å². The van der Waals surface area contributed by atoms with Crippen LogP contribution in [0.15, 0.2) is 55.0 Å². The number of nitrogens with one attached hydrogen (secondary N) is 1. The number of rotatable bonds is 3. The third-order valence-corrected chi connectivity index (χ3v) is 2.97. The fourth-order valence-electron chi connectivity index (χ4n) is 1.98. The average molecular weight is 250 g/mol. The summed E-state index contributed by atoms with van der Waals surface area (Å²) in [5.41, 5.74) is 9.68. The Bertz CT molecular complexity index is 674. The third kappa shape index (κ3) is 2.39. The van der Waals surface area contributed by atoms with Gasteiger partial charge in [0.25, 0.3) is 0 Å². The van der Waals surface area contributed by atoms with E-state index in [1.165, 1.54) is 0 Å². The molecular weight excluding hydrogens is 236 g/mol. The first-order valence-corrected chi connectivity index (χ1v) is 6.12. The molecule has 0 saturated heterocycles. The van der Waals surface area contributed by atoms with Crippen molar-refractivity contribution in [1.29, 1.82) is 0 Å². The molecule has 2 heterocycles. The Hall–Kier alpha value is -2.46. The monoisotopic (exact) mass is 250 g/mol. The molecule has 0 fully saturated rings. The van der Waals surface area contributed by atoms with Crippen LogP contribution in [-0.2, 0) is 6.54 Å². The largest absolute Gasteiger partial charge is 0.367 e. The van der Waals surface area contributed by atoms with E-state index < -0.39 is 0 Å². The van der Waals surface area contributed by atoms with Gasteiger partial charge in [0.1, 0.15) is 0 Å². The Morgan fingerprint density at radius 3 is 2.84 bits per heavy atom. The topological polar surface area (TPSA) is 67.6 Å². The van der Waals surface area contributed by atoms with Crippen molar-refractivity contribution >= 4 is 0 Å². The van der Waals surface area contributed by atoms with Gasteiger partial charge in [-0.1, -0.05) is 18.2 Å². The quantitative estimate of drug-likeness (QED) is 0.750. The van der Waals surface area contributed by atoms with E-state index in [-0.39, 0.29) is 0 Å². The molecule has 94 valence electrons. The minimum Gasteiger partial charge on any atom is -0.367 e. The van der Waals surface area contributed by atoms with Crippen molar-refractivity contribution in [2.45, 2.75) is 6.54 Å². The summed E-state index contributed by atoms with van der Waals surface area (Å²) in [6, 6.07) is 11.9. The van der Waals surface area contributed by atoms with Gasteiger partial charge in [-0.05, 0) is 23.8 Å². The first kappa shape index (κ1) is 11.6. The van der Waals surface area contributed by atoms with E-state index in [4.69, 9.17) is 5.73 Å². The number of hydrogen-bond donors (Lipinski definition) is 2. The van der Waals surface area contributed by atoms with E-state index in [9.17, 15) is 0 Å². The molecule has 3 N–H and O–H groups in total. The summed E-state index contributed by atoms with van der Waals surface area (Å²) in [5.74, 6) is 0.717. The van der Waals surface area contributed by atoms with Gasteiger partial charge in [0.2, 0.25) is 0 Å². The number of nitrogens with zero attached hydrogens (tertiary/aromatic N) is 2. The molecule has 0 aliphatic heterocycles. The molecule has 3 rings (SSSR count). The Morgan fingerprint density at radius 2 is 2.05 bits per heavy atom. The summed E-state index contributed by atoms with van der Waals surface area (Å²) in [7, 11) is 0. The highest BCUT2D eigenvalue weighted by atomic mass is 14.9. The van der Waals surface area contributed by atoms with Gasteiger partial charge < -0.3 is 10.7 Å². The summed E-state index contributed by atoms with van der Waals surface area (Å²) in [6.45, 7) is 0.519. The summed E-state index contributed by atoms with van der Waals surface area (Å²) in [6.07, 6.45) is 5.58. The third-order valence-electron chi connectivity index (χ3n) is 2.97. The second-order valence-electron chi connectivity index (χ2n) is 4.27. The van der Waals surface area contributed by atoms with Gasteiger partial charge in [-0.2, -0.15) is 0 Å². The van der Waals surface area contributed by atoms with Gasteiger partial charge in [0, 0.05) is 36.3 Å². The molecule has 19 heavy (non-hydrogen) atoms. The maximum absolute atomic E-state index is 5.66. The zero-order valence-corrected chi connectivity index (χ0v) is 10.4. The second-order valence-corrected chi connectivity index (χ2v) is 4.27. The molecule has 1 aromatic carbocycles. The number of benzene rings is 1. The van der Waals surface area contributed by atoms with Gasteiger partial charge in [-0.15, -0.1) is 0 Å². The van der Waals surface area contributed by atoms with Crippen molar-refractivity contribution in [1.82, 2.24) is 15.0 Å². The van der Waals surface area contributed by atoms with Gasteiger partial charge in [-0.25, -0.2) is 9.97 Å². The van der Waals surface area contributed by atoms with Gasteiger partial charge >= 0.3 is 0 Å². The molecule has 0 spiro atoms. The van der Waals surface area contributed by atoms with Crippen LogP contribution in [0.2, 0.25) is 0 Å². The molecule has 0 aliphatic rings. The summed E-state index contributed by atoms with van der Waals surface area (Å²) < 4.78 is 0. The van der Waals surface area contributed by atoms with E-state index in [0.29, 0.717) is 12.4 Å². The molecule has 2 aromatic heterocycles. The predicted molar refractivity (Wildman–Crippen MR) is 75.1 cm³/mol.